The predicted octanol–water partition coefficient (Wildman–Crippen LogP) is 3.85. The van der Waals surface area contributed by atoms with Gasteiger partial charge in [0.2, 0.25) is 5.91 Å². The number of carbonyl (C=O) groups excluding carboxylic acids is 1. The third kappa shape index (κ3) is 7.56. The molecular formula is C15H22ClF3N2O2. The first-order chi connectivity index (χ1) is 10.4. The zero-order valence-electron chi connectivity index (χ0n) is 13.1. The number of ether oxygens (including phenoxy) is 1. The topological polar surface area (TPSA) is 50.4 Å². The van der Waals surface area contributed by atoms with Crippen molar-refractivity contribution in [3.63, 3.8) is 0 Å². The number of amides is 1. The Hall–Kier alpha value is -1.47. The second-order valence-electron chi connectivity index (χ2n) is 4.81. The van der Waals surface area contributed by atoms with Crippen LogP contribution in [0.2, 0.25) is 0 Å². The van der Waals surface area contributed by atoms with Gasteiger partial charge >= 0.3 is 6.18 Å². The Morgan fingerprint density at radius 1 is 1.30 bits per heavy atom. The van der Waals surface area contributed by atoms with Crippen LogP contribution in [0.1, 0.15) is 31.7 Å². The van der Waals surface area contributed by atoms with Gasteiger partial charge in [-0.25, -0.2) is 0 Å². The molecule has 132 valence electrons. The molecule has 1 amide bonds. The van der Waals surface area contributed by atoms with Crippen LogP contribution in [-0.2, 0) is 11.0 Å². The summed E-state index contributed by atoms with van der Waals surface area (Å²) < 4.78 is 43.7. The van der Waals surface area contributed by atoms with E-state index in [9.17, 15) is 18.0 Å². The quantitative estimate of drug-likeness (QED) is 0.697. The molecule has 0 atom stereocenters. The van der Waals surface area contributed by atoms with Gasteiger partial charge in [0.25, 0.3) is 0 Å². The molecule has 0 aromatic heterocycles. The van der Waals surface area contributed by atoms with E-state index in [1.807, 2.05) is 6.92 Å². The molecule has 23 heavy (non-hydrogen) atoms. The van der Waals surface area contributed by atoms with Gasteiger partial charge in [0.15, 0.2) is 0 Å². The maximum absolute atomic E-state index is 12.8. The molecule has 0 unspecified atom stereocenters. The van der Waals surface area contributed by atoms with Crippen LogP contribution >= 0.6 is 12.4 Å². The van der Waals surface area contributed by atoms with Crippen LogP contribution in [0.25, 0.3) is 0 Å². The molecule has 2 N–H and O–H groups in total. The van der Waals surface area contributed by atoms with Crippen molar-refractivity contribution in [2.24, 2.45) is 0 Å². The number of rotatable bonds is 8. The molecule has 0 aliphatic heterocycles. The lowest BCUT2D eigenvalue weighted by Crippen LogP contribution is -2.16. The molecule has 0 heterocycles. The van der Waals surface area contributed by atoms with Crippen LogP contribution in [0.5, 0.6) is 5.75 Å². The van der Waals surface area contributed by atoms with Crippen molar-refractivity contribution in [3.05, 3.63) is 23.8 Å². The number of anilines is 1. The average molecular weight is 355 g/mol. The Bertz CT molecular complexity index is 496. The van der Waals surface area contributed by atoms with Crippen molar-refractivity contribution in [3.8, 4) is 5.75 Å². The van der Waals surface area contributed by atoms with Crippen molar-refractivity contribution in [2.75, 3.05) is 25.5 Å². The molecule has 0 radical (unpaired) electrons. The maximum Gasteiger partial charge on any atom is 0.416 e. The monoisotopic (exact) mass is 354 g/mol. The first kappa shape index (κ1) is 21.5. The number of halogens is 4. The zero-order valence-corrected chi connectivity index (χ0v) is 13.9. The Labute approximate surface area is 140 Å². The SMILES string of the molecule is CCCOc1ccc(C(F)(F)F)cc1NC(=O)CCCNC.Cl. The molecule has 0 aliphatic rings. The highest BCUT2D eigenvalue weighted by atomic mass is 35.5. The van der Waals surface area contributed by atoms with Crippen molar-refractivity contribution < 1.29 is 22.7 Å². The molecule has 1 aromatic carbocycles. The first-order valence-electron chi connectivity index (χ1n) is 7.17. The lowest BCUT2D eigenvalue weighted by Gasteiger charge is -2.15. The fourth-order valence-electron chi connectivity index (χ4n) is 1.78. The van der Waals surface area contributed by atoms with Gasteiger partial charge in [-0.1, -0.05) is 6.92 Å². The molecule has 0 aliphatic carbocycles. The van der Waals surface area contributed by atoms with Crippen LogP contribution in [0.3, 0.4) is 0 Å². The van der Waals surface area contributed by atoms with Gasteiger partial charge < -0.3 is 15.4 Å². The summed E-state index contributed by atoms with van der Waals surface area (Å²) in [5.41, 5.74) is -0.764. The van der Waals surface area contributed by atoms with Gasteiger partial charge in [-0.2, -0.15) is 13.2 Å². The van der Waals surface area contributed by atoms with E-state index in [2.05, 4.69) is 10.6 Å². The summed E-state index contributed by atoms with van der Waals surface area (Å²) in [4.78, 5) is 11.8. The number of nitrogens with one attached hydrogen (secondary N) is 2. The van der Waals surface area contributed by atoms with E-state index in [1.54, 1.807) is 7.05 Å². The van der Waals surface area contributed by atoms with Crippen LogP contribution in [0.15, 0.2) is 18.2 Å². The second-order valence-corrected chi connectivity index (χ2v) is 4.81. The lowest BCUT2D eigenvalue weighted by molar-refractivity contribution is -0.137. The number of benzene rings is 1. The third-order valence-electron chi connectivity index (χ3n) is 2.87. The number of carbonyl (C=O) groups is 1. The summed E-state index contributed by atoms with van der Waals surface area (Å²) >= 11 is 0. The van der Waals surface area contributed by atoms with Crippen LogP contribution < -0.4 is 15.4 Å². The predicted molar refractivity (Wildman–Crippen MR) is 86.3 cm³/mol. The van der Waals surface area contributed by atoms with Crippen molar-refractivity contribution in [2.45, 2.75) is 32.4 Å². The highest BCUT2D eigenvalue weighted by Crippen LogP contribution is 2.35. The fraction of sp³-hybridized carbons (Fsp3) is 0.533. The first-order valence-corrected chi connectivity index (χ1v) is 7.17. The molecular weight excluding hydrogens is 333 g/mol. The van der Waals surface area contributed by atoms with Gasteiger partial charge in [-0.3, -0.25) is 4.79 Å². The van der Waals surface area contributed by atoms with E-state index < -0.39 is 11.7 Å². The smallest absolute Gasteiger partial charge is 0.416 e. The molecule has 0 fully saturated rings. The minimum Gasteiger partial charge on any atom is -0.491 e. The molecule has 1 rings (SSSR count). The van der Waals surface area contributed by atoms with Crippen LogP contribution in [-0.4, -0.2) is 26.1 Å². The Morgan fingerprint density at radius 2 is 2.00 bits per heavy atom. The summed E-state index contributed by atoms with van der Waals surface area (Å²) in [6, 6.07) is 3.09. The van der Waals surface area contributed by atoms with Crippen LogP contribution in [0.4, 0.5) is 18.9 Å². The normalized spacial score (nSPS) is 10.8. The molecule has 0 spiro atoms. The van der Waals surface area contributed by atoms with Gasteiger partial charge in [0.1, 0.15) is 5.75 Å². The van der Waals surface area contributed by atoms with Crippen molar-refractivity contribution >= 4 is 24.0 Å². The van der Waals surface area contributed by atoms with Gasteiger partial charge in [0.05, 0.1) is 17.9 Å². The van der Waals surface area contributed by atoms with Gasteiger partial charge in [-0.15, -0.1) is 12.4 Å². The molecule has 0 saturated heterocycles. The van der Waals surface area contributed by atoms with Gasteiger partial charge in [-0.05, 0) is 44.6 Å². The Kier molecular flexibility index (Phi) is 9.67. The summed E-state index contributed by atoms with van der Waals surface area (Å²) in [5, 5.41) is 5.40. The lowest BCUT2D eigenvalue weighted by atomic mass is 10.1. The van der Waals surface area contributed by atoms with E-state index in [1.165, 1.54) is 6.07 Å². The minimum absolute atomic E-state index is 0. The third-order valence-corrected chi connectivity index (χ3v) is 2.87. The largest absolute Gasteiger partial charge is 0.491 e. The van der Waals surface area contributed by atoms with E-state index in [-0.39, 0.29) is 36.2 Å². The summed E-state index contributed by atoms with van der Waals surface area (Å²) in [7, 11) is 1.77. The highest BCUT2D eigenvalue weighted by Gasteiger charge is 2.31. The fourth-order valence-corrected chi connectivity index (χ4v) is 1.78. The second kappa shape index (κ2) is 10.3. The number of hydrogen-bond acceptors (Lipinski definition) is 3. The molecule has 8 heteroatoms. The average Bonchev–Trinajstić information content (AvgIpc) is 2.45. The number of alkyl halides is 3. The summed E-state index contributed by atoms with van der Waals surface area (Å²) in [5.74, 6) is -0.0901. The minimum atomic E-state index is -4.46. The standard InChI is InChI=1S/C15H21F3N2O2.ClH/c1-3-9-22-13-7-6-11(15(16,17)18)10-12(13)20-14(21)5-4-8-19-2;/h6-7,10,19H,3-5,8-9H2,1-2H3,(H,20,21);1H. The molecule has 0 bridgehead atoms. The van der Waals surface area contributed by atoms with Crippen molar-refractivity contribution in [1.29, 1.82) is 0 Å². The summed E-state index contributed by atoms with van der Waals surface area (Å²) in [6.07, 6.45) is -2.91. The van der Waals surface area contributed by atoms with E-state index in [0.717, 1.165) is 18.6 Å². The van der Waals surface area contributed by atoms with E-state index in [0.29, 0.717) is 19.6 Å². The molecule has 0 saturated carbocycles. The van der Waals surface area contributed by atoms with E-state index >= 15 is 0 Å². The number of hydrogen-bond donors (Lipinski definition) is 2. The maximum atomic E-state index is 12.8. The highest BCUT2D eigenvalue weighted by molar-refractivity contribution is 5.92. The summed E-state index contributed by atoms with van der Waals surface area (Å²) in [6.45, 7) is 2.92. The van der Waals surface area contributed by atoms with Crippen LogP contribution in [0, 0.1) is 0 Å². The molecule has 1 aromatic rings. The Morgan fingerprint density at radius 3 is 2.57 bits per heavy atom. The van der Waals surface area contributed by atoms with Crippen molar-refractivity contribution in [1.82, 2.24) is 5.32 Å². The Balaban J connectivity index is 0.00000484. The molecule has 4 nitrogen and oxygen atoms in total. The van der Waals surface area contributed by atoms with Gasteiger partial charge in [0, 0.05) is 6.42 Å². The van der Waals surface area contributed by atoms with E-state index in [4.69, 9.17) is 4.74 Å². The zero-order chi connectivity index (χ0) is 16.6.